The number of nitrogens with one attached hydrogen (secondary N) is 1. The Kier molecular flexibility index (Phi) is 3.48. The zero-order valence-electron chi connectivity index (χ0n) is 11.5. The van der Waals surface area contributed by atoms with E-state index in [0.717, 1.165) is 29.3 Å². The van der Waals surface area contributed by atoms with Gasteiger partial charge in [-0.2, -0.15) is 5.10 Å². The zero-order valence-corrected chi connectivity index (χ0v) is 12.4. The predicted octanol–water partition coefficient (Wildman–Crippen LogP) is 2.88. The van der Waals surface area contributed by atoms with Crippen LogP contribution in [0.5, 0.6) is 11.5 Å². The third-order valence-electron chi connectivity index (χ3n) is 3.50. The number of hydrogen-bond acceptors (Lipinski definition) is 4. The summed E-state index contributed by atoms with van der Waals surface area (Å²) < 4.78 is 13.4. The summed E-state index contributed by atoms with van der Waals surface area (Å²) in [5, 5.41) is 7.23. The summed E-state index contributed by atoms with van der Waals surface area (Å²) in [4.78, 5) is 0. The molecule has 0 saturated heterocycles. The summed E-state index contributed by atoms with van der Waals surface area (Å²) in [5.74, 6) is 2.44. The van der Waals surface area contributed by atoms with Crippen LogP contribution in [0.15, 0.2) is 18.2 Å². The molecule has 0 bridgehead atoms. The number of aromatic amines is 1. The Bertz CT molecular complexity index is 673. The van der Waals surface area contributed by atoms with Crippen molar-refractivity contribution in [2.45, 2.75) is 25.3 Å². The molecular formula is C14H17N3O2S. The van der Waals surface area contributed by atoms with E-state index >= 15 is 0 Å². The summed E-state index contributed by atoms with van der Waals surface area (Å²) >= 11 is 5.29. The fraction of sp³-hybridized carbons (Fsp3) is 0.429. The van der Waals surface area contributed by atoms with Gasteiger partial charge in [0.15, 0.2) is 16.3 Å². The van der Waals surface area contributed by atoms with E-state index < -0.39 is 0 Å². The lowest BCUT2D eigenvalue weighted by atomic mass is 10.1. The maximum Gasteiger partial charge on any atom is 0.195 e. The molecule has 0 unspecified atom stereocenters. The van der Waals surface area contributed by atoms with Gasteiger partial charge in [0, 0.05) is 12.5 Å². The lowest BCUT2D eigenvalue weighted by Crippen LogP contribution is -2.03. The number of benzene rings is 1. The highest BCUT2D eigenvalue weighted by atomic mass is 32.1. The van der Waals surface area contributed by atoms with E-state index in [4.69, 9.17) is 21.7 Å². The summed E-state index contributed by atoms with van der Waals surface area (Å²) in [7, 11) is 3.28. The monoisotopic (exact) mass is 291 g/mol. The molecule has 0 aliphatic heterocycles. The fourth-order valence-corrected chi connectivity index (χ4v) is 2.64. The second-order valence-electron chi connectivity index (χ2n) is 4.91. The molecule has 1 heterocycles. The van der Waals surface area contributed by atoms with Gasteiger partial charge in [-0.3, -0.25) is 5.10 Å². The molecule has 0 radical (unpaired) electrons. The highest BCUT2D eigenvalue weighted by Gasteiger charge is 2.27. The van der Waals surface area contributed by atoms with Gasteiger partial charge in [-0.1, -0.05) is 6.07 Å². The smallest absolute Gasteiger partial charge is 0.195 e. The van der Waals surface area contributed by atoms with E-state index in [-0.39, 0.29) is 0 Å². The minimum atomic E-state index is 0.524. The van der Waals surface area contributed by atoms with Gasteiger partial charge in [0.2, 0.25) is 0 Å². The molecule has 1 aromatic heterocycles. The van der Waals surface area contributed by atoms with Crippen LogP contribution in [0.25, 0.3) is 0 Å². The van der Waals surface area contributed by atoms with E-state index in [1.165, 1.54) is 12.8 Å². The number of nitrogens with zero attached hydrogens (tertiary/aromatic N) is 2. The largest absolute Gasteiger partial charge is 0.493 e. The van der Waals surface area contributed by atoms with Crippen LogP contribution in [0.4, 0.5) is 0 Å². The molecule has 3 rings (SSSR count). The van der Waals surface area contributed by atoms with Gasteiger partial charge < -0.3 is 14.0 Å². The van der Waals surface area contributed by atoms with Crippen LogP contribution in [0, 0.1) is 4.77 Å². The van der Waals surface area contributed by atoms with Crippen molar-refractivity contribution in [1.29, 1.82) is 0 Å². The van der Waals surface area contributed by atoms with Crippen LogP contribution >= 0.6 is 12.2 Å². The molecular weight excluding hydrogens is 274 g/mol. The highest BCUT2D eigenvalue weighted by Crippen LogP contribution is 2.36. The quantitative estimate of drug-likeness (QED) is 0.861. The molecule has 1 aliphatic carbocycles. The van der Waals surface area contributed by atoms with Crippen molar-refractivity contribution in [3.8, 4) is 11.5 Å². The third-order valence-corrected chi connectivity index (χ3v) is 3.79. The summed E-state index contributed by atoms with van der Waals surface area (Å²) in [6.45, 7) is 0. The SMILES string of the molecule is COc1ccc(Cc2n[nH]c(=S)n2C2CC2)cc1OC. The van der Waals surface area contributed by atoms with Crippen LogP contribution in [-0.2, 0) is 6.42 Å². The topological polar surface area (TPSA) is 52.1 Å². The van der Waals surface area contributed by atoms with Crippen molar-refractivity contribution in [2.75, 3.05) is 14.2 Å². The van der Waals surface area contributed by atoms with E-state index in [0.29, 0.717) is 10.8 Å². The molecule has 1 aromatic carbocycles. The van der Waals surface area contributed by atoms with E-state index in [1.54, 1.807) is 14.2 Å². The lowest BCUT2D eigenvalue weighted by molar-refractivity contribution is 0.354. The van der Waals surface area contributed by atoms with Gasteiger partial charge in [-0.15, -0.1) is 0 Å². The van der Waals surface area contributed by atoms with Gasteiger partial charge in [-0.05, 0) is 42.8 Å². The third kappa shape index (κ3) is 2.43. The maximum absolute atomic E-state index is 5.33. The predicted molar refractivity (Wildman–Crippen MR) is 78.0 cm³/mol. The number of methoxy groups -OCH3 is 2. The Labute approximate surface area is 122 Å². The minimum absolute atomic E-state index is 0.524. The molecule has 1 N–H and O–H groups in total. The van der Waals surface area contributed by atoms with Crippen LogP contribution in [-0.4, -0.2) is 29.0 Å². The van der Waals surface area contributed by atoms with Crippen molar-refractivity contribution in [3.05, 3.63) is 34.4 Å². The standard InChI is InChI=1S/C14H17N3O2S/c1-18-11-6-3-9(7-12(11)19-2)8-13-15-16-14(20)17(13)10-4-5-10/h3,6-7,10H,4-5,8H2,1-2H3,(H,16,20). The van der Waals surface area contributed by atoms with Crippen LogP contribution < -0.4 is 9.47 Å². The van der Waals surface area contributed by atoms with Crippen LogP contribution in [0.1, 0.15) is 30.3 Å². The van der Waals surface area contributed by atoms with Crippen molar-refractivity contribution in [3.63, 3.8) is 0 Å². The first-order chi connectivity index (χ1) is 9.72. The number of rotatable bonds is 5. The molecule has 2 aromatic rings. The summed E-state index contributed by atoms with van der Waals surface area (Å²) in [6.07, 6.45) is 3.10. The molecule has 1 fully saturated rings. The second kappa shape index (κ2) is 5.28. The first kappa shape index (κ1) is 13.2. The molecule has 1 saturated carbocycles. The Hall–Kier alpha value is -1.82. The summed E-state index contributed by atoms with van der Waals surface area (Å²) in [5.41, 5.74) is 1.12. The van der Waals surface area contributed by atoms with E-state index in [2.05, 4.69) is 14.8 Å². The van der Waals surface area contributed by atoms with Crippen LogP contribution in [0.3, 0.4) is 0 Å². The first-order valence-corrected chi connectivity index (χ1v) is 7.00. The second-order valence-corrected chi connectivity index (χ2v) is 5.30. The number of hydrogen-bond donors (Lipinski definition) is 1. The van der Waals surface area contributed by atoms with Gasteiger partial charge in [0.1, 0.15) is 5.82 Å². The normalized spacial score (nSPS) is 14.3. The van der Waals surface area contributed by atoms with Crippen molar-refractivity contribution < 1.29 is 9.47 Å². The van der Waals surface area contributed by atoms with Gasteiger partial charge in [0.05, 0.1) is 14.2 Å². The molecule has 6 heteroatoms. The first-order valence-electron chi connectivity index (χ1n) is 6.59. The zero-order chi connectivity index (χ0) is 14.1. The Morgan fingerprint density at radius 3 is 2.70 bits per heavy atom. The van der Waals surface area contributed by atoms with E-state index in [1.807, 2.05) is 18.2 Å². The highest BCUT2D eigenvalue weighted by molar-refractivity contribution is 7.71. The van der Waals surface area contributed by atoms with Crippen molar-refractivity contribution >= 4 is 12.2 Å². The van der Waals surface area contributed by atoms with Gasteiger partial charge in [-0.25, -0.2) is 0 Å². The molecule has 0 atom stereocenters. The number of H-pyrrole nitrogens is 1. The van der Waals surface area contributed by atoms with Gasteiger partial charge >= 0.3 is 0 Å². The Balaban J connectivity index is 1.89. The van der Waals surface area contributed by atoms with Crippen LogP contribution in [0.2, 0.25) is 0 Å². The van der Waals surface area contributed by atoms with E-state index in [9.17, 15) is 0 Å². The average Bonchev–Trinajstić information content (AvgIpc) is 3.23. The summed E-state index contributed by atoms with van der Waals surface area (Å²) in [6, 6.07) is 6.44. The van der Waals surface area contributed by atoms with Gasteiger partial charge in [0.25, 0.3) is 0 Å². The molecule has 5 nitrogen and oxygen atoms in total. The molecule has 0 amide bonds. The number of ether oxygens (including phenoxy) is 2. The maximum atomic E-state index is 5.33. The Morgan fingerprint density at radius 1 is 1.30 bits per heavy atom. The fourth-order valence-electron chi connectivity index (χ4n) is 2.34. The molecule has 20 heavy (non-hydrogen) atoms. The van der Waals surface area contributed by atoms with Crippen molar-refractivity contribution in [2.24, 2.45) is 0 Å². The molecule has 0 spiro atoms. The molecule has 106 valence electrons. The average molecular weight is 291 g/mol. The Morgan fingerprint density at radius 2 is 2.05 bits per heavy atom. The lowest BCUT2D eigenvalue weighted by Gasteiger charge is -2.10. The van der Waals surface area contributed by atoms with Crippen molar-refractivity contribution in [1.82, 2.24) is 14.8 Å². The minimum Gasteiger partial charge on any atom is -0.493 e. The number of aromatic nitrogens is 3. The molecule has 1 aliphatic rings.